The summed E-state index contributed by atoms with van der Waals surface area (Å²) in [4.78, 5) is 12.0. The number of carbonyl (C=O) groups is 1. The Morgan fingerprint density at radius 3 is 1.24 bits per heavy atom. The average Bonchev–Trinajstić information content (AvgIpc) is 4.00. The fourth-order valence-corrected chi connectivity index (χ4v) is 8.74. The Morgan fingerprint density at radius 2 is 0.823 bits per heavy atom. The standard InChI is InChI=1S/C61H95O17.Y/c1-60(2,3)78-59(62)15-7-6-10-26-77-54-19-16-52(17-20-54)53-18-21-56-55-13-8-9-14-57(55)61(58(56)51-53,22-11-24-65-29-27-63-4)23-12-25-66-31-32-68-35-36-70-39-40-72-43-44-74-47-48-76-50-49-75-46-45-73-42-41-71-38-37-69-34-33-67-30-28-64-5;/h8,13-14,16-21,51H,6-7,10-12,15,22-50H2,1-5H3;/q-1;. The largest absolute Gasteiger partial charge is 0.494 e. The van der Waals surface area contributed by atoms with E-state index < -0.39 is 5.60 Å². The van der Waals surface area contributed by atoms with E-state index in [9.17, 15) is 4.79 Å². The molecule has 1 atom stereocenters. The summed E-state index contributed by atoms with van der Waals surface area (Å²) in [6.07, 6.45) is 6.65. The van der Waals surface area contributed by atoms with E-state index >= 15 is 0 Å². The van der Waals surface area contributed by atoms with Crippen molar-refractivity contribution in [2.75, 3.05) is 193 Å². The van der Waals surface area contributed by atoms with E-state index in [-0.39, 0.29) is 44.1 Å². The second kappa shape index (κ2) is 45.9. The van der Waals surface area contributed by atoms with Crippen LogP contribution in [0.5, 0.6) is 5.75 Å². The number of esters is 1. The summed E-state index contributed by atoms with van der Waals surface area (Å²) in [6.45, 7) is 20.0. The molecular weight excluding hydrogens is 1090 g/mol. The Labute approximate surface area is 498 Å². The number of hydrogen-bond donors (Lipinski definition) is 0. The van der Waals surface area contributed by atoms with Crippen LogP contribution in [0.1, 0.15) is 83.3 Å². The first-order valence-corrected chi connectivity index (χ1v) is 28.3. The van der Waals surface area contributed by atoms with Gasteiger partial charge in [0.25, 0.3) is 0 Å². The van der Waals surface area contributed by atoms with Gasteiger partial charge in [-0.3, -0.25) is 4.79 Å². The molecule has 3 aromatic rings. The normalized spacial score (nSPS) is 13.8. The number of rotatable bonds is 52. The van der Waals surface area contributed by atoms with Crippen molar-refractivity contribution in [2.45, 2.75) is 83.2 Å². The van der Waals surface area contributed by atoms with Crippen LogP contribution in [0, 0.1) is 6.07 Å². The minimum absolute atomic E-state index is 0. The first kappa shape index (κ1) is 70.7. The van der Waals surface area contributed by atoms with E-state index in [1.54, 1.807) is 14.2 Å². The summed E-state index contributed by atoms with van der Waals surface area (Å²) in [5.74, 6) is 0.689. The minimum atomic E-state index is -0.451. The van der Waals surface area contributed by atoms with E-state index in [0.29, 0.717) is 185 Å². The number of ether oxygens (including phenoxy) is 16. The van der Waals surface area contributed by atoms with Crippen LogP contribution in [0.3, 0.4) is 0 Å². The SMILES string of the molecule is COCCOCCCC1(CCCOCCOCCOCCOCCOCCOCCOCCOCCOCCOCCOCCOC)c2c[c-]ccc2-c2ccc(-c3ccc(OCCCCCC(=O)OC(C)(C)C)cc3)cc21.[Y]. The third-order valence-electron chi connectivity index (χ3n) is 12.5. The molecule has 17 nitrogen and oxygen atoms in total. The predicted molar refractivity (Wildman–Crippen MR) is 299 cm³/mol. The van der Waals surface area contributed by atoms with E-state index in [0.717, 1.165) is 56.3 Å². The van der Waals surface area contributed by atoms with Crippen molar-refractivity contribution in [1.82, 2.24) is 0 Å². The van der Waals surface area contributed by atoms with Gasteiger partial charge in [0.15, 0.2) is 0 Å². The molecule has 1 radical (unpaired) electrons. The van der Waals surface area contributed by atoms with Crippen LogP contribution in [0.25, 0.3) is 22.3 Å². The van der Waals surface area contributed by atoms with E-state index in [4.69, 9.17) is 75.8 Å². The van der Waals surface area contributed by atoms with Gasteiger partial charge < -0.3 is 75.8 Å². The summed E-state index contributed by atoms with van der Waals surface area (Å²) < 4.78 is 89.3. The molecule has 4 rings (SSSR count). The number of methoxy groups -OCH3 is 2. The maximum absolute atomic E-state index is 12.0. The van der Waals surface area contributed by atoms with Crippen molar-refractivity contribution in [2.24, 2.45) is 0 Å². The van der Waals surface area contributed by atoms with Crippen molar-refractivity contribution >= 4 is 5.97 Å². The Morgan fingerprint density at radius 1 is 0.430 bits per heavy atom. The fourth-order valence-electron chi connectivity index (χ4n) is 8.74. The number of carbonyl (C=O) groups excluding carboxylic acids is 1. The summed E-state index contributed by atoms with van der Waals surface area (Å²) in [7, 11) is 3.34. The van der Waals surface area contributed by atoms with Gasteiger partial charge in [-0.1, -0.05) is 30.3 Å². The molecule has 18 heteroatoms. The summed E-state index contributed by atoms with van der Waals surface area (Å²) in [5.41, 5.74) is 6.83. The number of unbranched alkanes of at least 4 members (excludes halogenated alkanes) is 2. The zero-order valence-corrected chi connectivity index (χ0v) is 51.4. The molecule has 0 aromatic heterocycles. The molecule has 1 aliphatic carbocycles. The van der Waals surface area contributed by atoms with Crippen LogP contribution in [-0.4, -0.2) is 204 Å². The predicted octanol–water partition coefficient (Wildman–Crippen LogP) is 8.75. The van der Waals surface area contributed by atoms with Gasteiger partial charge in [-0.2, -0.15) is 24.3 Å². The zero-order valence-electron chi connectivity index (χ0n) is 48.5. The maximum Gasteiger partial charge on any atom is 0.306 e. The molecule has 445 valence electrons. The Kier molecular flexibility index (Phi) is 41.1. The third kappa shape index (κ3) is 31.6. The molecule has 0 heterocycles. The number of fused-ring (bicyclic) bond motifs is 3. The van der Waals surface area contributed by atoms with E-state index in [1.165, 1.54) is 27.8 Å². The molecule has 0 fully saturated rings. The van der Waals surface area contributed by atoms with Gasteiger partial charge in [0.1, 0.15) is 11.4 Å². The molecule has 1 unspecified atom stereocenters. The number of benzene rings is 3. The van der Waals surface area contributed by atoms with E-state index in [2.05, 4.69) is 48.5 Å². The minimum Gasteiger partial charge on any atom is -0.494 e. The summed E-state index contributed by atoms with van der Waals surface area (Å²) in [5, 5.41) is 0. The molecule has 1 aliphatic rings. The van der Waals surface area contributed by atoms with Crippen LogP contribution in [0.2, 0.25) is 0 Å². The second-order valence-electron chi connectivity index (χ2n) is 19.6. The van der Waals surface area contributed by atoms with Crippen LogP contribution in [0.4, 0.5) is 0 Å². The van der Waals surface area contributed by atoms with Crippen LogP contribution in [0.15, 0.2) is 60.7 Å². The Bertz CT molecular complexity index is 1930. The molecule has 0 aliphatic heterocycles. The maximum atomic E-state index is 12.0. The van der Waals surface area contributed by atoms with Crippen molar-refractivity contribution < 1.29 is 113 Å². The third-order valence-corrected chi connectivity index (χ3v) is 12.5. The van der Waals surface area contributed by atoms with Gasteiger partial charge >= 0.3 is 5.97 Å². The van der Waals surface area contributed by atoms with Crippen molar-refractivity contribution in [3.05, 3.63) is 77.9 Å². The second-order valence-corrected chi connectivity index (χ2v) is 19.6. The van der Waals surface area contributed by atoms with Gasteiger partial charge in [0.2, 0.25) is 0 Å². The molecule has 0 N–H and O–H groups in total. The van der Waals surface area contributed by atoms with Gasteiger partial charge in [0.05, 0.1) is 165 Å². The van der Waals surface area contributed by atoms with Crippen molar-refractivity contribution in [3.63, 3.8) is 0 Å². The average molecular weight is 1190 g/mol. The van der Waals surface area contributed by atoms with Crippen LogP contribution < -0.4 is 4.74 Å². The topological polar surface area (TPSA) is 165 Å². The Balaban J connectivity index is 0.0000164. The van der Waals surface area contributed by atoms with Gasteiger partial charge in [-0.15, -0.1) is 11.1 Å². The molecule has 0 amide bonds. The molecule has 0 bridgehead atoms. The molecule has 3 aromatic carbocycles. The molecule has 0 saturated carbocycles. The fraction of sp³-hybridized carbons (Fsp3) is 0.689. The van der Waals surface area contributed by atoms with Crippen LogP contribution in [-0.2, 0) is 114 Å². The van der Waals surface area contributed by atoms with Gasteiger partial charge in [-0.25, -0.2) is 0 Å². The first-order valence-electron chi connectivity index (χ1n) is 28.3. The van der Waals surface area contributed by atoms with Crippen LogP contribution >= 0.6 is 0 Å². The molecule has 0 saturated heterocycles. The first-order chi connectivity index (χ1) is 38.3. The number of hydrogen-bond acceptors (Lipinski definition) is 17. The zero-order chi connectivity index (χ0) is 55.5. The van der Waals surface area contributed by atoms with Crippen molar-refractivity contribution in [1.29, 1.82) is 0 Å². The molecular formula is C61H95O17Y-. The quantitative estimate of drug-likeness (QED) is 0.0299. The Hall–Kier alpha value is -2.53. The summed E-state index contributed by atoms with van der Waals surface area (Å²) in [6, 6.07) is 25.1. The monoisotopic (exact) mass is 1190 g/mol. The van der Waals surface area contributed by atoms with Gasteiger partial charge in [0, 0.05) is 66.6 Å². The van der Waals surface area contributed by atoms with E-state index in [1.807, 2.05) is 39.0 Å². The van der Waals surface area contributed by atoms with Gasteiger partial charge in [-0.05, 0) is 106 Å². The molecule has 79 heavy (non-hydrogen) atoms. The smallest absolute Gasteiger partial charge is 0.306 e. The van der Waals surface area contributed by atoms with Crippen molar-refractivity contribution in [3.8, 4) is 28.0 Å². The summed E-state index contributed by atoms with van der Waals surface area (Å²) >= 11 is 0. The molecule has 0 spiro atoms.